The molecule has 0 atom stereocenters. The molecular weight excluding hydrogens is 530 g/mol. The van der Waals surface area contributed by atoms with Crippen LogP contribution in [0.1, 0.15) is 63.9 Å². The van der Waals surface area contributed by atoms with Crippen molar-refractivity contribution in [3.8, 4) is 5.75 Å². The summed E-state index contributed by atoms with van der Waals surface area (Å²) in [4.78, 5) is 22.2. The van der Waals surface area contributed by atoms with Gasteiger partial charge in [0.15, 0.2) is 0 Å². The molecule has 2 aliphatic heterocycles. The molecule has 9 heteroatoms. The van der Waals surface area contributed by atoms with E-state index in [1.807, 2.05) is 29.6 Å². The minimum absolute atomic E-state index is 0.178. The average molecular weight is 568 g/mol. The highest BCUT2D eigenvalue weighted by atomic mass is 35.5. The van der Waals surface area contributed by atoms with E-state index >= 15 is 0 Å². The highest BCUT2D eigenvalue weighted by Gasteiger charge is 2.48. The Bertz CT molecular complexity index is 1360. The first-order chi connectivity index (χ1) is 18.5. The predicted octanol–water partition coefficient (Wildman–Crippen LogP) is 7.80. The average Bonchev–Trinajstić information content (AvgIpc) is 3.46. The van der Waals surface area contributed by atoms with Gasteiger partial charge in [-0.2, -0.15) is 0 Å². The van der Waals surface area contributed by atoms with Crippen LogP contribution in [0.4, 0.5) is 27.7 Å². The molecule has 1 fully saturated rings. The number of rotatable bonds is 5. The molecule has 3 N–H and O–H groups in total. The van der Waals surface area contributed by atoms with Crippen LogP contribution in [0.3, 0.4) is 0 Å². The van der Waals surface area contributed by atoms with Crippen LogP contribution in [0.15, 0.2) is 41.8 Å². The number of nitrogens with one attached hydrogen (secondary N) is 2. The molecule has 2 amide bonds. The largest absolute Gasteiger partial charge is 0.506 e. The second-order valence-electron chi connectivity index (χ2n) is 12.3. The molecule has 1 saturated heterocycles. The standard InChI is InChI=1S/C30H38ClN5O2S/c1-19(2)27-33-24(16-39-27)34-28(38)32-21-8-6-7-9-22(21)36-18-30(25-20(31)10-11-23(37)26(25)36)12-14-35(15-13-30)17-29(3,4)5/h6-11,16,19,37H,12-15,17-18H2,1-5H3,(H2,32,34,38). The molecular formula is C30H38ClN5O2S. The number of thiazole rings is 1. The number of urea groups is 1. The van der Waals surface area contributed by atoms with E-state index in [-0.39, 0.29) is 22.6 Å². The van der Waals surface area contributed by atoms with E-state index in [0.29, 0.717) is 29.0 Å². The third-order valence-corrected chi connectivity index (χ3v) is 9.04. The zero-order valence-corrected chi connectivity index (χ0v) is 24.9. The molecule has 2 aromatic carbocycles. The van der Waals surface area contributed by atoms with Gasteiger partial charge in [-0.3, -0.25) is 5.32 Å². The SMILES string of the molecule is CC(C)c1nc(NC(=O)Nc2ccccc2N2CC3(CCN(CC(C)(C)C)CC3)c3c(Cl)ccc(O)c32)cs1. The van der Waals surface area contributed by atoms with Crippen LogP contribution in [0.5, 0.6) is 5.75 Å². The second kappa shape index (κ2) is 10.6. The first kappa shape index (κ1) is 27.7. The number of fused-ring (bicyclic) bond motifs is 2. The van der Waals surface area contributed by atoms with Crippen molar-refractivity contribution in [3.63, 3.8) is 0 Å². The van der Waals surface area contributed by atoms with Crippen molar-refractivity contribution in [2.24, 2.45) is 5.41 Å². The summed E-state index contributed by atoms with van der Waals surface area (Å²) in [5.74, 6) is 1.04. The second-order valence-corrected chi connectivity index (χ2v) is 13.6. The molecule has 0 unspecified atom stereocenters. The summed E-state index contributed by atoms with van der Waals surface area (Å²) in [5.41, 5.74) is 3.29. The van der Waals surface area contributed by atoms with Crippen LogP contribution in [-0.4, -0.2) is 47.2 Å². The van der Waals surface area contributed by atoms with Gasteiger partial charge in [-0.05, 0) is 55.6 Å². The lowest BCUT2D eigenvalue weighted by atomic mass is 9.74. The van der Waals surface area contributed by atoms with Crippen LogP contribution < -0.4 is 15.5 Å². The number of halogens is 1. The number of carbonyl (C=O) groups excluding carboxylic acids is 1. The molecule has 2 aliphatic rings. The van der Waals surface area contributed by atoms with E-state index in [2.05, 4.69) is 60.0 Å². The number of phenols is 1. The van der Waals surface area contributed by atoms with Crippen molar-refractivity contribution in [2.75, 3.05) is 41.7 Å². The summed E-state index contributed by atoms with van der Waals surface area (Å²) < 4.78 is 0. The Kier molecular flexibility index (Phi) is 7.57. The molecule has 5 rings (SSSR count). The number of aromatic nitrogens is 1. The van der Waals surface area contributed by atoms with Crippen LogP contribution in [0.25, 0.3) is 0 Å². The fourth-order valence-electron chi connectivity index (χ4n) is 5.91. The Hall–Kier alpha value is -2.81. The van der Waals surface area contributed by atoms with Gasteiger partial charge in [0.05, 0.1) is 22.1 Å². The van der Waals surface area contributed by atoms with Gasteiger partial charge in [-0.25, -0.2) is 9.78 Å². The number of nitrogens with zero attached hydrogens (tertiary/aromatic N) is 3. The van der Waals surface area contributed by atoms with Crippen LogP contribution in [-0.2, 0) is 5.41 Å². The maximum atomic E-state index is 13.0. The maximum Gasteiger partial charge on any atom is 0.324 e. The molecule has 3 heterocycles. The number of amides is 2. The predicted molar refractivity (Wildman–Crippen MR) is 162 cm³/mol. The molecule has 0 saturated carbocycles. The monoisotopic (exact) mass is 567 g/mol. The number of likely N-dealkylation sites (tertiary alicyclic amines) is 1. The van der Waals surface area contributed by atoms with E-state index in [4.69, 9.17) is 11.6 Å². The molecule has 7 nitrogen and oxygen atoms in total. The number of piperidine rings is 1. The Morgan fingerprint density at radius 1 is 1.15 bits per heavy atom. The van der Waals surface area contributed by atoms with Gasteiger partial charge in [0, 0.05) is 40.4 Å². The maximum absolute atomic E-state index is 13.0. The summed E-state index contributed by atoms with van der Waals surface area (Å²) in [7, 11) is 0. The molecule has 1 aromatic heterocycles. The van der Waals surface area contributed by atoms with Gasteiger partial charge in [0.2, 0.25) is 0 Å². The number of anilines is 4. The van der Waals surface area contributed by atoms with Gasteiger partial charge < -0.3 is 20.2 Å². The molecule has 208 valence electrons. The summed E-state index contributed by atoms with van der Waals surface area (Å²) in [6, 6.07) is 10.8. The van der Waals surface area contributed by atoms with Gasteiger partial charge in [0.1, 0.15) is 11.6 Å². The number of aromatic hydroxyl groups is 1. The first-order valence-electron chi connectivity index (χ1n) is 13.6. The third kappa shape index (κ3) is 5.74. The van der Waals surface area contributed by atoms with Crippen LogP contribution in [0, 0.1) is 5.41 Å². The molecule has 0 aliphatic carbocycles. The number of carbonyl (C=O) groups is 1. The Labute approximate surface area is 240 Å². The zero-order chi connectivity index (χ0) is 27.9. The number of hydrogen-bond acceptors (Lipinski definition) is 6. The highest BCUT2D eigenvalue weighted by molar-refractivity contribution is 7.10. The van der Waals surface area contributed by atoms with Gasteiger partial charge in [-0.1, -0.05) is 58.4 Å². The van der Waals surface area contributed by atoms with E-state index in [1.54, 1.807) is 12.1 Å². The number of para-hydroxylation sites is 2. The summed E-state index contributed by atoms with van der Waals surface area (Å²) in [6.45, 7) is 14.7. The quantitative estimate of drug-likeness (QED) is 0.293. The summed E-state index contributed by atoms with van der Waals surface area (Å²) in [5, 5.41) is 20.5. The van der Waals surface area contributed by atoms with Crippen molar-refractivity contribution in [1.29, 1.82) is 0 Å². The van der Waals surface area contributed by atoms with Gasteiger partial charge >= 0.3 is 6.03 Å². The molecule has 3 aromatic rings. The number of hydrogen-bond donors (Lipinski definition) is 3. The van der Waals surface area contributed by atoms with E-state index < -0.39 is 0 Å². The third-order valence-electron chi connectivity index (χ3n) is 7.58. The van der Waals surface area contributed by atoms with E-state index in [9.17, 15) is 9.90 Å². The van der Waals surface area contributed by atoms with Crippen molar-refractivity contribution in [1.82, 2.24) is 9.88 Å². The van der Waals surface area contributed by atoms with Gasteiger partial charge in [0.25, 0.3) is 0 Å². The van der Waals surface area contributed by atoms with Crippen LogP contribution in [0.2, 0.25) is 5.02 Å². The number of phenolic OH excluding ortho intramolecular Hbond substituents is 1. The topological polar surface area (TPSA) is 80.7 Å². The molecule has 0 bridgehead atoms. The van der Waals surface area contributed by atoms with E-state index in [1.165, 1.54) is 11.3 Å². The minimum Gasteiger partial charge on any atom is -0.506 e. The summed E-state index contributed by atoms with van der Waals surface area (Å²) in [6.07, 6.45) is 1.90. The van der Waals surface area contributed by atoms with E-state index in [0.717, 1.165) is 54.4 Å². The first-order valence-corrected chi connectivity index (χ1v) is 14.9. The van der Waals surface area contributed by atoms with Crippen molar-refractivity contribution in [3.05, 3.63) is 57.4 Å². The fraction of sp³-hybridized carbons (Fsp3) is 0.467. The lowest BCUT2D eigenvalue weighted by Gasteiger charge is -2.42. The molecule has 0 radical (unpaired) electrons. The van der Waals surface area contributed by atoms with Crippen LogP contribution >= 0.6 is 22.9 Å². The highest BCUT2D eigenvalue weighted by Crippen LogP contribution is 2.56. The van der Waals surface area contributed by atoms with Gasteiger partial charge in [-0.15, -0.1) is 11.3 Å². The minimum atomic E-state index is -0.358. The smallest absolute Gasteiger partial charge is 0.324 e. The van der Waals surface area contributed by atoms with Crippen molar-refractivity contribution >= 4 is 51.8 Å². The summed E-state index contributed by atoms with van der Waals surface area (Å²) >= 11 is 8.40. The lowest BCUT2D eigenvalue weighted by Crippen LogP contribution is -2.47. The molecule has 39 heavy (non-hydrogen) atoms. The fourth-order valence-corrected chi connectivity index (χ4v) is 7.03. The molecule has 1 spiro atoms. The normalized spacial score (nSPS) is 17.1. The zero-order valence-electron chi connectivity index (χ0n) is 23.3. The Balaban J connectivity index is 1.42. The lowest BCUT2D eigenvalue weighted by molar-refractivity contribution is 0.125. The van der Waals surface area contributed by atoms with Crippen molar-refractivity contribution in [2.45, 2.75) is 58.8 Å². The Morgan fingerprint density at radius 2 is 1.87 bits per heavy atom. The number of benzene rings is 2. The Morgan fingerprint density at radius 3 is 2.54 bits per heavy atom. The van der Waals surface area contributed by atoms with Crippen molar-refractivity contribution < 1.29 is 9.90 Å².